The van der Waals surface area contributed by atoms with Gasteiger partial charge in [-0.1, -0.05) is 29.5 Å². The standard InChI is InChI=1S/C13H13F2IO2/c1-3-10(17)7-4-9(14)11(15)8-5-13(2,6-16)18-12(7)8/h4H,3,5-6H2,1-2H3. The highest BCUT2D eigenvalue weighted by atomic mass is 127. The molecule has 98 valence electrons. The molecular weight excluding hydrogens is 353 g/mol. The Morgan fingerprint density at radius 3 is 2.78 bits per heavy atom. The molecule has 0 radical (unpaired) electrons. The van der Waals surface area contributed by atoms with E-state index in [-0.39, 0.29) is 29.1 Å². The number of ether oxygens (including phenoxy) is 1. The van der Waals surface area contributed by atoms with Crippen molar-refractivity contribution in [2.75, 3.05) is 4.43 Å². The number of rotatable bonds is 3. The van der Waals surface area contributed by atoms with Crippen LogP contribution < -0.4 is 4.74 Å². The van der Waals surface area contributed by atoms with E-state index in [4.69, 9.17) is 4.74 Å². The van der Waals surface area contributed by atoms with Crippen LogP contribution in [0.3, 0.4) is 0 Å². The lowest BCUT2D eigenvalue weighted by molar-refractivity contribution is 0.0975. The monoisotopic (exact) mass is 366 g/mol. The van der Waals surface area contributed by atoms with Crippen LogP contribution in [0.2, 0.25) is 0 Å². The second kappa shape index (κ2) is 4.75. The first-order valence-electron chi connectivity index (χ1n) is 5.71. The van der Waals surface area contributed by atoms with Crippen LogP contribution in [0.25, 0.3) is 0 Å². The van der Waals surface area contributed by atoms with Gasteiger partial charge in [0.05, 0.1) is 5.56 Å². The van der Waals surface area contributed by atoms with Crippen LogP contribution in [-0.4, -0.2) is 15.8 Å². The fraction of sp³-hybridized carbons (Fsp3) is 0.462. The maximum atomic E-state index is 13.8. The molecule has 0 saturated heterocycles. The maximum absolute atomic E-state index is 13.8. The number of carbonyl (C=O) groups excluding carboxylic acids is 1. The number of halogens is 3. The van der Waals surface area contributed by atoms with E-state index >= 15 is 0 Å². The number of fused-ring (bicyclic) bond motifs is 1. The molecule has 0 aliphatic carbocycles. The van der Waals surface area contributed by atoms with Crippen molar-refractivity contribution in [3.8, 4) is 5.75 Å². The van der Waals surface area contributed by atoms with Crippen LogP contribution in [0.4, 0.5) is 8.78 Å². The van der Waals surface area contributed by atoms with Crippen LogP contribution >= 0.6 is 22.6 Å². The highest BCUT2D eigenvalue weighted by Gasteiger charge is 2.39. The molecule has 0 saturated carbocycles. The van der Waals surface area contributed by atoms with E-state index in [2.05, 4.69) is 22.6 Å². The molecule has 0 amide bonds. The Kier molecular flexibility index (Phi) is 3.62. The van der Waals surface area contributed by atoms with Gasteiger partial charge in [0.1, 0.15) is 11.4 Å². The van der Waals surface area contributed by atoms with Gasteiger partial charge in [-0.05, 0) is 13.0 Å². The molecule has 2 nitrogen and oxygen atoms in total. The van der Waals surface area contributed by atoms with Gasteiger partial charge in [0.2, 0.25) is 0 Å². The Bertz CT molecular complexity index is 516. The number of ketones is 1. The first-order chi connectivity index (χ1) is 8.41. The van der Waals surface area contributed by atoms with E-state index in [1.165, 1.54) is 0 Å². The van der Waals surface area contributed by atoms with E-state index < -0.39 is 17.2 Å². The summed E-state index contributed by atoms with van der Waals surface area (Å²) in [6.07, 6.45) is 0.528. The molecule has 1 aromatic rings. The van der Waals surface area contributed by atoms with Crippen molar-refractivity contribution in [3.63, 3.8) is 0 Å². The predicted molar refractivity (Wildman–Crippen MR) is 72.6 cm³/mol. The van der Waals surface area contributed by atoms with E-state index in [1.54, 1.807) is 6.92 Å². The maximum Gasteiger partial charge on any atom is 0.166 e. The number of alkyl halides is 1. The number of hydrogen-bond acceptors (Lipinski definition) is 2. The topological polar surface area (TPSA) is 26.3 Å². The van der Waals surface area contributed by atoms with Gasteiger partial charge in [0.25, 0.3) is 0 Å². The van der Waals surface area contributed by atoms with Crippen LogP contribution in [0.15, 0.2) is 6.07 Å². The van der Waals surface area contributed by atoms with E-state index in [1.807, 2.05) is 6.92 Å². The molecule has 2 rings (SSSR count). The van der Waals surface area contributed by atoms with Gasteiger partial charge in [0, 0.05) is 22.8 Å². The molecule has 0 fully saturated rings. The average molecular weight is 366 g/mol. The summed E-state index contributed by atoms with van der Waals surface area (Å²) in [6.45, 7) is 3.51. The molecule has 0 spiro atoms. The fourth-order valence-electron chi connectivity index (χ4n) is 2.06. The van der Waals surface area contributed by atoms with E-state index in [0.29, 0.717) is 10.8 Å². The minimum Gasteiger partial charge on any atom is -0.485 e. The van der Waals surface area contributed by atoms with Gasteiger partial charge in [-0.15, -0.1) is 0 Å². The molecule has 1 aromatic carbocycles. The molecule has 1 heterocycles. The van der Waals surface area contributed by atoms with Crippen molar-refractivity contribution in [1.82, 2.24) is 0 Å². The Morgan fingerprint density at radius 1 is 1.56 bits per heavy atom. The Labute approximate surface area is 118 Å². The van der Waals surface area contributed by atoms with Gasteiger partial charge in [-0.3, -0.25) is 4.79 Å². The SMILES string of the molecule is CCC(=O)c1cc(F)c(F)c2c1OC(C)(CI)C2. The van der Waals surface area contributed by atoms with Crippen molar-refractivity contribution in [2.24, 2.45) is 0 Å². The normalized spacial score (nSPS) is 21.6. The fourth-order valence-corrected chi connectivity index (χ4v) is 2.49. The van der Waals surface area contributed by atoms with Crippen LogP contribution in [-0.2, 0) is 6.42 Å². The largest absolute Gasteiger partial charge is 0.485 e. The number of Topliss-reactive ketones (excluding diaryl/α,β-unsaturated/α-hetero) is 1. The van der Waals surface area contributed by atoms with Crippen molar-refractivity contribution in [1.29, 1.82) is 0 Å². The third-order valence-corrected chi connectivity index (χ3v) is 4.68. The second-order valence-electron chi connectivity index (χ2n) is 4.67. The lowest BCUT2D eigenvalue weighted by Crippen LogP contribution is -2.32. The van der Waals surface area contributed by atoms with E-state index in [9.17, 15) is 13.6 Å². The molecule has 5 heteroatoms. The first kappa shape index (κ1) is 13.7. The van der Waals surface area contributed by atoms with Crippen LogP contribution in [0, 0.1) is 11.6 Å². The van der Waals surface area contributed by atoms with Gasteiger partial charge in [-0.2, -0.15) is 0 Å². The lowest BCUT2D eigenvalue weighted by Gasteiger charge is -2.21. The Balaban J connectivity index is 2.59. The van der Waals surface area contributed by atoms with Gasteiger partial charge in [-0.25, -0.2) is 8.78 Å². The smallest absolute Gasteiger partial charge is 0.166 e. The van der Waals surface area contributed by atoms with Crippen LogP contribution in [0.5, 0.6) is 5.75 Å². The second-order valence-corrected chi connectivity index (χ2v) is 5.43. The summed E-state index contributed by atoms with van der Waals surface area (Å²) < 4.78 is 33.6. The lowest BCUT2D eigenvalue weighted by atomic mass is 9.98. The molecule has 1 aliphatic rings. The van der Waals surface area contributed by atoms with Crippen LogP contribution in [0.1, 0.15) is 36.2 Å². The first-order valence-corrected chi connectivity index (χ1v) is 7.23. The Morgan fingerprint density at radius 2 is 2.22 bits per heavy atom. The number of carbonyl (C=O) groups is 1. The molecular formula is C13H13F2IO2. The molecule has 1 aliphatic heterocycles. The minimum atomic E-state index is -0.980. The molecule has 18 heavy (non-hydrogen) atoms. The van der Waals surface area contributed by atoms with Gasteiger partial charge < -0.3 is 4.74 Å². The number of hydrogen-bond donors (Lipinski definition) is 0. The van der Waals surface area contributed by atoms with Crippen molar-refractivity contribution < 1.29 is 18.3 Å². The summed E-state index contributed by atoms with van der Waals surface area (Å²) in [5, 5.41) is 0. The summed E-state index contributed by atoms with van der Waals surface area (Å²) in [7, 11) is 0. The van der Waals surface area contributed by atoms with Crippen molar-refractivity contribution in [2.45, 2.75) is 32.3 Å². The molecule has 1 unspecified atom stereocenters. The van der Waals surface area contributed by atoms with Gasteiger partial charge >= 0.3 is 0 Å². The zero-order chi connectivity index (χ0) is 13.5. The van der Waals surface area contributed by atoms with Crippen molar-refractivity contribution >= 4 is 28.4 Å². The molecule has 0 bridgehead atoms. The highest BCUT2D eigenvalue weighted by Crippen LogP contribution is 2.41. The number of benzene rings is 1. The highest BCUT2D eigenvalue weighted by molar-refractivity contribution is 14.1. The molecule has 0 N–H and O–H groups in total. The quantitative estimate of drug-likeness (QED) is 0.464. The predicted octanol–water partition coefficient (Wildman–Crippen LogP) is 3.69. The average Bonchev–Trinajstić information content (AvgIpc) is 2.72. The third-order valence-electron chi connectivity index (χ3n) is 3.07. The van der Waals surface area contributed by atoms with Gasteiger partial charge in [0.15, 0.2) is 17.4 Å². The summed E-state index contributed by atoms with van der Waals surface area (Å²) in [4.78, 5) is 11.8. The third kappa shape index (κ3) is 2.13. The molecule has 1 atom stereocenters. The van der Waals surface area contributed by atoms with E-state index in [0.717, 1.165) is 6.07 Å². The Hall–Kier alpha value is -0.720. The summed E-state index contributed by atoms with van der Waals surface area (Å²) in [5.41, 5.74) is -0.230. The summed E-state index contributed by atoms with van der Waals surface area (Å²) in [6, 6.07) is 0.943. The summed E-state index contributed by atoms with van der Waals surface area (Å²) >= 11 is 2.14. The van der Waals surface area contributed by atoms with Crippen molar-refractivity contribution in [3.05, 3.63) is 28.8 Å². The zero-order valence-electron chi connectivity index (χ0n) is 10.1. The minimum absolute atomic E-state index is 0.153. The summed E-state index contributed by atoms with van der Waals surface area (Å²) in [5.74, 6) is -1.89. The molecule has 0 aromatic heterocycles. The zero-order valence-corrected chi connectivity index (χ0v) is 12.3.